The summed E-state index contributed by atoms with van der Waals surface area (Å²) in [5.74, 6) is -0.349. The Hall–Kier alpha value is -3.20. The van der Waals surface area contributed by atoms with Gasteiger partial charge < -0.3 is 9.64 Å². The Kier molecular flexibility index (Phi) is 5.93. The van der Waals surface area contributed by atoms with Crippen molar-refractivity contribution >= 4 is 21.4 Å². The third-order valence-corrected chi connectivity index (χ3v) is 5.58. The van der Waals surface area contributed by atoms with Crippen molar-refractivity contribution in [1.82, 2.24) is 0 Å². The van der Waals surface area contributed by atoms with Crippen LogP contribution in [0.25, 0.3) is 11.1 Å². The summed E-state index contributed by atoms with van der Waals surface area (Å²) in [4.78, 5) is 1.93. The minimum Gasteiger partial charge on any atom is -0.406 e. The van der Waals surface area contributed by atoms with Crippen LogP contribution in [-0.2, 0) is 10.0 Å². The van der Waals surface area contributed by atoms with Crippen LogP contribution in [0.5, 0.6) is 5.75 Å². The number of rotatable bonds is 6. The SMILES string of the molecule is CN(C)c1ccc(NS(=O)(=O)c2cccc(-c3ccc(OC(F)(F)F)cc3)c2)cc1. The Balaban J connectivity index is 1.81. The van der Waals surface area contributed by atoms with Crippen molar-refractivity contribution in [2.24, 2.45) is 0 Å². The third kappa shape index (κ3) is 5.44. The van der Waals surface area contributed by atoms with Gasteiger partial charge in [0.25, 0.3) is 10.0 Å². The molecule has 0 spiro atoms. The van der Waals surface area contributed by atoms with Gasteiger partial charge in [0.1, 0.15) is 5.75 Å². The molecule has 0 saturated heterocycles. The molecule has 0 aliphatic rings. The monoisotopic (exact) mass is 436 g/mol. The second-order valence-electron chi connectivity index (χ2n) is 6.65. The van der Waals surface area contributed by atoms with Gasteiger partial charge in [-0.15, -0.1) is 13.2 Å². The summed E-state index contributed by atoms with van der Waals surface area (Å²) in [6, 6.07) is 18.3. The Morgan fingerprint density at radius 3 is 2.07 bits per heavy atom. The first-order valence-corrected chi connectivity index (χ1v) is 10.3. The molecule has 3 aromatic carbocycles. The maximum atomic E-state index is 12.7. The van der Waals surface area contributed by atoms with Gasteiger partial charge in [-0.05, 0) is 59.7 Å². The Bertz CT molecular complexity index is 1110. The zero-order valence-corrected chi connectivity index (χ0v) is 17.0. The van der Waals surface area contributed by atoms with Gasteiger partial charge >= 0.3 is 6.36 Å². The van der Waals surface area contributed by atoms with E-state index in [4.69, 9.17) is 0 Å². The van der Waals surface area contributed by atoms with Crippen molar-refractivity contribution in [3.05, 3.63) is 72.8 Å². The van der Waals surface area contributed by atoms with Crippen LogP contribution in [0.3, 0.4) is 0 Å². The number of nitrogens with one attached hydrogen (secondary N) is 1. The molecule has 0 aromatic heterocycles. The predicted molar refractivity (Wildman–Crippen MR) is 110 cm³/mol. The summed E-state index contributed by atoms with van der Waals surface area (Å²) in [6.45, 7) is 0. The molecule has 0 radical (unpaired) electrons. The molecular weight excluding hydrogens is 417 g/mol. The fourth-order valence-electron chi connectivity index (χ4n) is 2.73. The maximum Gasteiger partial charge on any atom is 0.573 e. The zero-order valence-electron chi connectivity index (χ0n) is 16.1. The van der Waals surface area contributed by atoms with E-state index in [-0.39, 0.29) is 10.6 Å². The first kappa shape index (κ1) is 21.5. The number of benzene rings is 3. The van der Waals surface area contributed by atoms with E-state index in [1.165, 1.54) is 36.4 Å². The van der Waals surface area contributed by atoms with Crippen molar-refractivity contribution in [3.8, 4) is 16.9 Å². The van der Waals surface area contributed by atoms with Crippen LogP contribution in [0.1, 0.15) is 0 Å². The molecule has 0 fully saturated rings. The molecule has 0 aliphatic heterocycles. The molecule has 5 nitrogen and oxygen atoms in total. The lowest BCUT2D eigenvalue weighted by Gasteiger charge is -2.14. The van der Waals surface area contributed by atoms with Gasteiger partial charge in [-0.1, -0.05) is 24.3 Å². The van der Waals surface area contributed by atoms with E-state index in [2.05, 4.69) is 9.46 Å². The molecule has 3 rings (SSSR count). The number of anilines is 2. The standard InChI is InChI=1S/C21H19F3N2O3S/c1-26(2)18-10-8-17(9-11-18)25-30(27,28)20-5-3-4-16(14-20)15-6-12-19(13-7-15)29-21(22,23)24/h3-14,25H,1-2H3. The number of sulfonamides is 1. The molecule has 9 heteroatoms. The molecule has 3 aromatic rings. The molecule has 0 atom stereocenters. The first-order valence-electron chi connectivity index (χ1n) is 8.80. The summed E-state index contributed by atoms with van der Waals surface area (Å²) in [6.07, 6.45) is -4.77. The number of halogens is 3. The Morgan fingerprint density at radius 2 is 1.50 bits per heavy atom. The van der Waals surface area contributed by atoms with Gasteiger partial charge in [-0.3, -0.25) is 4.72 Å². The van der Waals surface area contributed by atoms with E-state index in [0.29, 0.717) is 16.8 Å². The lowest BCUT2D eigenvalue weighted by Crippen LogP contribution is -2.16. The molecule has 0 aliphatic carbocycles. The predicted octanol–water partition coefficient (Wildman–Crippen LogP) is 5.12. The van der Waals surface area contributed by atoms with E-state index in [9.17, 15) is 21.6 Å². The lowest BCUT2D eigenvalue weighted by atomic mass is 10.1. The van der Waals surface area contributed by atoms with Crippen molar-refractivity contribution in [2.75, 3.05) is 23.7 Å². The summed E-state index contributed by atoms with van der Waals surface area (Å²) < 4.78 is 68.7. The molecule has 0 unspecified atom stereocenters. The van der Waals surface area contributed by atoms with Crippen LogP contribution < -0.4 is 14.4 Å². The second kappa shape index (κ2) is 8.27. The Labute approximate surface area is 172 Å². The highest BCUT2D eigenvalue weighted by atomic mass is 32.2. The number of hydrogen-bond acceptors (Lipinski definition) is 4. The third-order valence-electron chi connectivity index (χ3n) is 4.20. The van der Waals surface area contributed by atoms with Crippen LogP contribution in [0, 0.1) is 0 Å². The van der Waals surface area contributed by atoms with Crippen LogP contribution in [0.15, 0.2) is 77.7 Å². The highest BCUT2D eigenvalue weighted by molar-refractivity contribution is 7.92. The van der Waals surface area contributed by atoms with Gasteiger partial charge in [0.2, 0.25) is 0 Å². The fraction of sp³-hybridized carbons (Fsp3) is 0.143. The number of nitrogens with zero attached hydrogens (tertiary/aromatic N) is 1. The van der Waals surface area contributed by atoms with E-state index in [0.717, 1.165) is 5.69 Å². The zero-order chi connectivity index (χ0) is 21.9. The van der Waals surface area contributed by atoms with Gasteiger partial charge in [-0.25, -0.2) is 8.42 Å². The molecule has 158 valence electrons. The van der Waals surface area contributed by atoms with Crippen LogP contribution >= 0.6 is 0 Å². The molecular formula is C21H19F3N2O3S. The largest absolute Gasteiger partial charge is 0.573 e. The summed E-state index contributed by atoms with van der Waals surface area (Å²) >= 11 is 0. The van der Waals surface area contributed by atoms with Gasteiger partial charge in [0, 0.05) is 25.5 Å². The van der Waals surface area contributed by atoms with Gasteiger partial charge in [0.05, 0.1) is 4.90 Å². The first-order chi connectivity index (χ1) is 14.0. The quantitative estimate of drug-likeness (QED) is 0.583. The summed E-state index contributed by atoms with van der Waals surface area (Å²) in [5, 5.41) is 0. The summed E-state index contributed by atoms with van der Waals surface area (Å²) in [7, 11) is -0.0834. The van der Waals surface area contributed by atoms with Crippen molar-refractivity contribution in [3.63, 3.8) is 0 Å². The lowest BCUT2D eigenvalue weighted by molar-refractivity contribution is -0.274. The van der Waals surface area contributed by atoms with E-state index in [1.54, 1.807) is 36.4 Å². The molecule has 30 heavy (non-hydrogen) atoms. The van der Waals surface area contributed by atoms with E-state index in [1.807, 2.05) is 19.0 Å². The second-order valence-corrected chi connectivity index (χ2v) is 8.33. The normalized spacial score (nSPS) is 11.8. The average molecular weight is 436 g/mol. The molecule has 0 amide bonds. The fourth-order valence-corrected chi connectivity index (χ4v) is 3.84. The van der Waals surface area contributed by atoms with Crippen molar-refractivity contribution < 1.29 is 26.3 Å². The Morgan fingerprint density at radius 1 is 0.867 bits per heavy atom. The topological polar surface area (TPSA) is 58.6 Å². The van der Waals surface area contributed by atoms with Crippen LogP contribution in [-0.4, -0.2) is 28.9 Å². The highest BCUT2D eigenvalue weighted by Gasteiger charge is 2.31. The number of alkyl halides is 3. The highest BCUT2D eigenvalue weighted by Crippen LogP contribution is 2.28. The average Bonchev–Trinajstić information content (AvgIpc) is 2.67. The number of ether oxygens (including phenoxy) is 1. The van der Waals surface area contributed by atoms with Crippen molar-refractivity contribution in [1.29, 1.82) is 0 Å². The van der Waals surface area contributed by atoms with Gasteiger partial charge in [0.15, 0.2) is 0 Å². The minimum absolute atomic E-state index is 0.0345. The molecule has 0 bridgehead atoms. The van der Waals surface area contributed by atoms with E-state index < -0.39 is 16.4 Å². The number of hydrogen-bond donors (Lipinski definition) is 1. The molecule has 1 N–H and O–H groups in total. The van der Waals surface area contributed by atoms with E-state index >= 15 is 0 Å². The molecule has 0 heterocycles. The maximum absolute atomic E-state index is 12.7. The molecule has 0 saturated carbocycles. The van der Waals surface area contributed by atoms with Crippen LogP contribution in [0.2, 0.25) is 0 Å². The summed E-state index contributed by atoms with van der Waals surface area (Å²) in [5.41, 5.74) is 2.44. The smallest absolute Gasteiger partial charge is 0.406 e. The van der Waals surface area contributed by atoms with Crippen molar-refractivity contribution in [2.45, 2.75) is 11.3 Å². The minimum atomic E-state index is -4.77. The van der Waals surface area contributed by atoms with Crippen LogP contribution in [0.4, 0.5) is 24.5 Å². The van der Waals surface area contributed by atoms with Gasteiger partial charge in [-0.2, -0.15) is 0 Å².